The molecule has 1 atom stereocenters. The monoisotopic (exact) mass is 252 g/mol. The van der Waals surface area contributed by atoms with Crippen LogP contribution in [0.25, 0.3) is 0 Å². The standard InChI is InChI=1S/C12H13ClN2O2/c13-11-3-1-2-4-12(11)17-8-10(16)7-15-6-5-14-9-15/h1-6,9-10,16H,7-8H2. The molecule has 0 spiro atoms. The van der Waals surface area contributed by atoms with E-state index in [1.807, 2.05) is 12.1 Å². The molecule has 1 unspecified atom stereocenters. The Morgan fingerprint density at radius 2 is 2.24 bits per heavy atom. The van der Waals surface area contributed by atoms with Gasteiger partial charge in [0.25, 0.3) is 0 Å². The largest absolute Gasteiger partial charge is 0.489 e. The zero-order chi connectivity index (χ0) is 12.1. The summed E-state index contributed by atoms with van der Waals surface area (Å²) >= 11 is 5.93. The first kappa shape index (κ1) is 12.0. The lowest BCUT2D eigenvalue weighted by molar-refractivity contribution is 0.0925. The third kappa shape index (κ3) is 3.47. The molecule has 0 aliphatic carbocycles. The van der Waals surface area contributed by atoms with E-state index in [1.54, 1.807) is 35.4 Å². The van der Waals surface area contributed by atoms with Crippen molar-refractivity contribution in [3.63, 3.8) is 0 Å². The number of rotatable bonds is 5. The van der Waals surface area contributed by atoms with Gasteiger partial charge in [-0.25, -0.2) is 4.98 Å². The van der Waals surface area contributed by atoms with Gasteiger partial charge in [0.15, 0.2) is 0 Å². The van der Waals surface area contributed by atoms with E-state index in [1.165, 1.54) is 0 Å². The minimum Gasteiger partial charge on any atom is -0.489 e. The molecule has 2 aromatic rings. The molecule has 90 valence electrons. The normalized spacial score (nSPS) is 12.4. The Hall–Kier alpha value is -1.52. The fourth-order valence-corrected chi connectivity index (χ4v) is 1.63. The van der Waals surface area contributed by atoms with Crippen molar-refractivity contribution in [3.8, 4) is 5.75 Å². The molecule has 0 saturated heterocycles. The molecule has 4 nitrogen and oxygen atoms in total. The predicted octanol–water partition coefficient (Wildman–Crippen LogP) is 1.98. The van der Waals surface area contributed by atoms with Crippen LogP contribution < -0.4 is 4.74 Å². The number of nitrogens with zero attached hydrogens (tertiary/aromatic N) is 2. The lowest BCUT2D eigenvalue weighted by atomic mass is 10.3. The van der Waals surface area contributed by atoms with Crippen LogP contribution in [-0.2, 0) is 6.54 Å². The molecular formula is C12H13ClN2O2. The van der Waals surface area contributed by atoms with Crippen molar-refractivity contribution < 1.29 is 9.84 Å². The minimum atomic E-state index is -0.597. The molecule has 0 amide bonds. The van der Waals surface area contributed by atoms with Crippen LogP contribution in [0, 0.1) is 0 Å². The zero-order valence-corrected chi connectivity index (χ0v) is 9.92. The SMILES string of the molecule is OC(COc1ccccc1Cl)Cn1ccnc1. The van der Waals surface area contributed by atoms with Crippen molar-refractivity contribution in [2.45, 2.75) is 12.6 Å². The number of para-hydroxylation sites is 1. The Balaban J connectivity index is 1.84. The maximum Gasteiger partial charge on any atom is 0.138 e. The van der Waals surface area contributed by atoms with Gasteiger partial charge in [-0.1, -0.05) is 23.7 Å². The van der Waals surface area contributed by atoms with E-state index in [4.69, 9.17) is 16.3 Å². The van der Waals surface area contributed by atoms with Crippen LogP contribution in [0.15, 0.2) is 43.0 Å². The molecular weight excluding hydrogens is 240 g/mol. The zero-order valence-electron chi connectivity index (χ0n) is 9.16. The van der Waals surface area contributed by atoms with E-state index in [0.29, 0.717) is 17.3 Å². The smallest absolute Gasteiger partial charge is 0.138 e. The Labute approximate surface area is 104 Å². The Kier molecular flexibility index (Phi) is 4.01. The van der Waals surface area contributed by atoms with Crippen LogP contribution in [-0.4, -0.2) is 27.4 Å². The van der Waals surface area contributed by atoms with Crippen molar-refractivity contribution in [2.24, 2.45) is 0 Å². The summed E-state index contributed by atoms with van der Waals surface area (Å²) < 4.78 is 7.22. The second-order valence-electron chi connectivity index (χ2n) is 3.65. The quantitative estimate of drug-likeness (QED) is 0.885. The number of halogens is 1. The molecule has 0 aliphatic heterocycles. The van der Waals surface area contributed by atoms with Gasteiger partial charge in [0, 0.05) is 12.4 Å². The van der Waals surface area contributed by atoms with Gasteiger partial charge in [0.1, 0.15) is 18.5 Å². The summed E-state index contributed by atoms with van der Waals surface area (Å²) in [6.45, 7) is 0.645. The predicted molar refractivity (Wildman–Crippen MR) is 65.2 cm³/mol. The molecule has 1 N–H and O–H groups in total. The van der Waals surface area contributed by atoms with E-state index < -0.39 is 6.10 Å². The third-order valence-corrected chi connectivity index (χ3v) is 2.56. The maximum atomic E-state index is 9.76. The van der Waals surface area contributed by atoms with Crippen molar-refractivity contribution in [2.75, 3.05) is 6.61 Å². The molecule has 0 aliphatic rings. The Bertz CT molecular complexity index is 459. The highest BCUT2D eigenvalue weighted by Crippen LogP contribution is 2.23. The van der Waals surface area contributed by atoms with Gasteiger partial charge in [-0.05, 0) is 12.1 Å². The number of benzene rings is 1. The number of hydrogen-bond donors (Lipinski definition) is 1. The molecule has 1 aromatic carbocycles. The van der Waals surface area contributed by atoms with E-state index in [-0.39, 0.29) is 6.61 Å². The highest BCUT2D eigenvalue weighted by atomic mass is 35.5. The van der Waals surface area contributed by atoms with Gasteiger partial charge in [-0.15, -0.1) is 0 Å². The highest BCUT2D eigenvalue weighted by molar-refractivity contribution is 6.32. The topological polar surface area (TPSA) is 47.3 Å². The first-order valence-corrected chi connectivity index (χ1v) is 5.64. The average Bonchev–Trinajstić information content (AvgIpc) is 2.81. The summed E-state index contributed by atoms with van der Waals surface area (Å²) in [6.07, 6.45) is 4.51. The second kappa shape index (κ2) is 5.70. The minimum absolute atomic E-state index is 0.196. The molecule has 0 saturated carbocycles. The molecule has 1 aromatic heterocycles. The van der Waals surface area contributed by atoms with Crippen LogP contribution in [0.3, 0.4) is 0 Å². The molecule has 2 rings (SSSR count). The van der Waals surface area contributed by atoms with Crippen molar-refractivity contribution >= 4 is 11.6 Å². The lowest BCUT2D eigenvalue weighted by Crippen LogP contribution is -2.23. The summed E-state index contributed by atoms with van der Waals surface area (Å²) in [5.74, 6) is 0.582. The molecule has 1 heterocycles. The van der Waals surface area contributed by atoms with Crippen LogP contribution in [0.4, 0.5) is 0 Å². The first-order chi connectivity index (χ1) is 8.25. The Morgan fingerprint density at radius 3 is 2.94 bits per heavy atom. The maximum absolute atomic E-state index is 9.76. The van der Waals surface area contributed by atoms with Crippen molar-refractivity contribution in [3.05, 3.63) is 48.0 Å². The lowest BCUT2D eigenvalue weighted by Gasteiger charge is -2.13. The van der Waals surface area contributed by atoms with Gasteiger partial charge >= 0.3 is 0 Å². The van der Waals surface area contributed by atoms with E-state index in [9.17, 15) is 5.11 Å². The van der Waals surface area contributed by atoms with E-state index in [2.05, 4.69) is 4.98 Å². The number of aromatic nitrogens is 2. The molecule has 0 radical (unpaired) electrons. The number of aliphatic hydroxyl groups excluding tert-OH is 1. The van der Waals surface area contributed by atoms with Gasteiger partial charge in [0.2, 0.25) is 0 Å². The summed E-state index contributed by atoms with van der Waals surface area (Å²) in [4.78, 5) is 3.90. The molecule has 0 fully saturated rings. The fourth-order valence-electron chi connectivity index (χ4n) is 1.44. The van der Waals surface area contributed by atoms with Crippen LogP contribution in [0.5, 0.6) is 5.75 Å². The number of hydrogen-bond acceptors (Lipinski definition) is 3. The highest BCUT2D eigenvalue weighted by Gasteiger charge is 2.07. The summed E-state index contributed by atoms with van der Waals surface area (Å²) in [7, 11) is 0. The average molecular weight is 253 g/mol. The van der Waals surface area contributed by atoms with E-state index in [0.717, 1.165) is 0 Å². The summed E-state index contributed by atoms with van der Waals surface area (Å²) in [5.41, 5.74) is 0. The molecule has 0 bridgehead atoms. The van der Waals surface area contributed by atoms with Gasteiger partial charge < -0.3 is 14.4 Å². The summed E-state index contributed by atoms with van der Waals surface area (Å²) in [5, 5.41) is 10.3. The number of imidazole rings is 1. The first-order valence-electron chi connectivity index (χ1n) is 5.27. The van der Waals surface area contributed by atoms with Crippen LogP contribution >= 0.6 is 11.6 Å². The van der Waals surface area contributed by atoms with Gasteiger partial charge in [-0.3, -0.25) is 0 Å². The van der Waals surface area contributed by atoms with Gasteiger partial charge in [-0.2, -0.15) is 0 Å². The molecule has 5 heteroatoms. The number of ether oxygens (including phenoxy) is 1. The van der Waals surface area contributed by atoms with Crippen molar-refractivity contribution in [1.82, 2.24) is 9.55 Å². The van der Waals surface area contributed by atoms with Gasteiger partial charge in [0.05, 0.1) is 17.9 Å². The fraction of sp³-hybridized carbons (Fsp3) is 0.250. The van der Waals surface area contributed by atoms with Crippen LogP contribution in [0.2, 0.25) is 5.02 Å². The molecule has 17 heavy (non-hydrogen) atoms. The van der Waals surface area contributed by atoms with E-state index >= 15 is 0 Å². The van der Waals surface area contributed by atoms with Crippen molar-refractivity contribution in [1.29, 1.82) is 0 Å². The third-order valence-electron chi connectivity index (χ3n) is 2.25. The Morgan fingerprint density at radius 1 is 1.41 bits per heavy atom. The summed E-state index contributed by atoms with van der Waals surface area (Å²) in [6, 6.07) is 7.19. The number of aliphatic hydroxyl groups is 1. The second-order valence-corrected chi connectivity index (χ2v) is 4.06. The van der Waals surface area contributed by atoms with Crippen LogP contribution in [0.1, 0.15) is 0 Å².